The Bertz CT molecular complexity index is 605. The molecule has 0 aliphatic carbocycles. The van der Waals surface area contributed by atoms with E-state index in [0.29, 0.717) is 24.8 Å². The molecular weight excluding hydrogens is 415 g/mol. The van der Waals surface area contributed by atoms with Crippen LogP contribution in [0, 0.1) is 0 Å². The summed E-state index contributed by atoms with van der Waals surface area (Å²) in [5.41, 5.74) is 2.45. The molecule has 0 aliphatic heterocycles. The molecule has 0 saturated carbocycles. The molecule has 172 valence electrons. The summed E-state index contributed by atoms with van der Waals surface area (Å²) < 4.78 is 14.6. The second-order valence-electron chi connectivity index (χ2n) is 6.35. The topological polar surface area (TPSA) is 26.3 Å². The van der Waals surface area contributed by atoms with Gasteiger partial charge in [0.05, 0.1) is 12.9 Å². The highest BCUT2D eigenvalue weighted by molar-refractivity contribution is 8.00. The van der Waals surface area contributed by atoms with Crippen molar-refractivity contribution in [2.45, 2.75) is 65.4 Å². The minimum Gasteiger partial charge on any atom is -0.460 e. The lowest BCUT2D eigenvalue weighted by Crippen LogP contribution is -2.08. The van der Waals surface area contributed by atoms with Crippen LogP contribution in [0.2, 0.25) is 0 Å². The summed E-state index contributed by atoms with van der Waals surface area (Å²) in [4.78, 5) is 11.3. The van der Waals surface area contributed by atoms with Crippen molar-refractivity contribution in [1.82, 2.24) is 0 Å². The van der Waals surface area contributed by atoms with Gasteiger partial charge in [0.1, 0.15) is 6.61 Å². The SMILES string of the molecule is C.C.CC(C)SCC(=O)OCc1ccccc1.CC(C)SCc1ccccc1.CF. The summed E-state index contributed by atoms with van der Waals surface area (Å²) in [7, 11) is 0.500. The summed E-state index contributed by atoms with van der Waals surface area (Å²) in [6.07, 6.45) is 0. The zero-order valence-electron chi connectivity index (χ0n) is 17.6. The van der Waals surface area contributed by atoms with Crippen LogP contribution in [-0.2, 0) is 21.9 Å². The molecule has 0 unspecified atom stereocenters. The zero-order valence-corrected chi connectivity index (χ0v) is 19.2. The van der Waals surface area contributed by atoms with Crippen LogP contribution in [0.5, 0.6) is 0 Å². The van der Waals surface area contributed by atoms with Crippen LogP contribution in [0.15, 0.2) is 60.7 Å². The van der Waals surface area contributed by atoms with Gasteiger partial charge in [-0.2, -0.15) is 11.8 Å². The van der Waals surface area contributed by atoms with Crippen molar-refractivity contribution < 1.29 is 13.9 Å². The molecule has 2 aromatic rings. The van der Waals surface area contributed by atoms with E-state index in [1.807, 2.05) is 42.1 Å². The Morgan fingerprint density at radius 1 is 0.800 bits per heavy atom. The van der Waals surface area contributed by atoms with Crippen molar-refractivity contribution in [3.63, 3.8) is 0 Å². The maximum Gasteiger partial charge on any atom is 0.316 e. The van der Waals surface area contributed by atoms with Crippen molar-refractivity contribution in [1.29, 1.82) is 0 Å². The number of hydrogen-bond donors (Lipinski definition) is 0. The Hall–Kier alpha value is -1.46. The molecule has 2 aromatic carbocycles. The number of carbonyl (C=O) groups is 1. The highest BCUT2D eigenvalue weighted by atomic mass is 32.2. The minimum absolute atomic E-state index is 0. The first-order valence-corrected chi connectivity index (χ1v) is 11.4. The fourth-order valence-electron chi connectivity index (χ4n) is 1.85. The van der Waals surface area contributed by atoms with Gasteiger partial charge in [0, 0.05) is 5.75 Å². The number of alkyl halides is 1. The van der Waals surface area contributed by atoms with E-state index in [4.69, 9.17) is 4.74 Å². The molecule has 0 amide bonds. The number of hydrogen-bond acceptors (Lipinski definition) is 4. The van der Waals surface area contributed by atoms with E-state index in [-0.39, 0.29) is 20.8 Å². The smallest absolute Gasteiger partial charge is 0.316 e. The number of thioether (sulfide) groups is 2. The van der Waals surface area contributed by atoms with Crippen LogP contribution in [0.3, 0.4) is 0 Å². The molecule has 0 fully saturated rings. The third-order valence-corrected chi connectivity index (χ3v) is 5.44. The molecule has 2 rings (SSSR count). The monoisotopic (exact) mass is 456 g/mol. The lowest BCUT2D eigenvalue weighted by Gasteiger charge is -2.06. The molecule has 0 aliphatic rings. The molecule has 0 radical (unpaired) electrons. The van der Waals surface area contributed by atoms with Gasteiger partial charge in [-0.3, -0.25) is 9.18 Å². The highest BCUT2D eigenvalue weighted by Crippen LogP contribution is 2.16. The number of rotatable bonds is 8. The molecule has 0 atom stereocenters. The lowest BCUT2D eigenvalue weighted by atomic mass is 10.2. The number of halogens is 1. The van der Waals surface area contributed by atoms with Gasteiger partial charge < -0.3 is 4.74 Å². The Kier molecular flexibility index (Phi) is 24.6. The number of esters is 1. The van der Waals surface area contributed by atoms with Gasteiger partial charge in [0.15, 0.2) is 0 Å². The van der Waals surface area contributed by atoms with E-state index in [2.05, 4.69) is 58.0 Å². The van der Waals surface area contributed by atoms with Gasteiger partial charge in [-0.15, -0.1) is 11.8 Å². The quantitative estimate of drug-likeness (QED) is 0.375. The average molecular weight is 457 g/mol. The molecule has 2 nitrogen and oxygen atoms in total. The minimum atomic E-state index is -0.141. The third kappa shape index (κ3) is 19.8. The summed E-state index contributed by atoms with van der Waals surface area (Å²) in [5, 5.41) is 1.20. The maximum atomic E-state index is 11.3. The fourth-order valence-corrected chi connectivity index (χ4v) is 3.12. The summed E-state index contributed by atoms with van der Waals surface area (Å²) >= 11 is 3.58. The van der Waals surface area contributed by atoms with Gasteiger partial charge in [-0.25, -0.2) is 0 Å². The Labute approximate surface area is 193 Å². The van der Waals surface area contributed by atoms with Crippen LogP contribution in [0.25, 0.3) is 0 Å². The molecule has 0 bridgehead atoms. The molecule has 30 heavy (non-hydrogen) atoms. The van der Waals surface area contributed by atoms with E-state index in [9.17, 15) is 9.18 Å². The van der Waals surface area contributed by atoms with Crippen LogP contribution >= 0.6 is 23.5 Å². The van der Waals surface area contributed by atoms with Gasteiger partial charge in [0.25, 0.3) is 0 Å². The summed E-state index contributed by atoms with van der Waals surface area (Å²) in [5.74, 6) is 1.43. The predicted octanol–water partition coefficient (Wildman–Crippen LogP) is 8.06. The standard InChI is InChI=1S/C12H16O2S.C10H14S.CH3F.2CH4/c1-10(2)15-9-12(13)14-8-11-6-4-3-5-7-11;1-9(2)11-8-10-6-4-3-5-7-10;1-2;;/h3-7,10H,8-9H2,1-2H3;3-7,9H,8H2,1-2H3;1H3;2*1H4. The molecular formula is C25H41FO2S2. The Morgan fingerprint density at radius 3 is 1.67 bits per heavy atom. The Morgan fingerprint density at radius 2 is 1.23 bits per heavy atom. The number of benzene rings is 2. The van der Waals surface area contributed by atoms with E-state index in [1.54, 1.807) is 11.8 Å². The highest BCUT2D eigenvalue weighted by Gasteiger charge is 2.04. The van der Waals surface area contributed by atoms with Crippen LogP contribution in [0.1, 0.15) is 53.7 Å². The first-order chi connectivity index (χ1) is 13.5. The lowest BCUT2D eigenvalue weighted by molar-refractivity contribution is -0.141. The van der Waals surface area contributed by atoms with E-state index < -0.39 is 0 Å². The van der Waals surface area contributed by atoms with Crippen molar-refractivity contribution in [3.05, 3.63) is 71.8 Å². The van der Waals surface area contributed by atoms with E-state index in [0.717, 1.165) is 16.6 Å². The number of carbonyl (C=O) groups excluding carboxylic acids is 1. The second kappa shape index (κ2) is 22.2. The van der Waals surface area contributed by atoms with Crippen molar-refractivity contribution in [2.75, 3.05) is 12.9 Å². The molecule has 0 heterocycles. The summed E-state index contributed by atoms with van der Waals surface area (Å²) in [6, 6.07) is 20.3. The zero-order chi connectivity index (χ0) is 21.2. The first kappa shape index (κ1) is 33.2. The molecule has 0 spiro atoms. The normalized spacial score (nSPS) is 9.20. The van der Waals surface area contributed by atoms with Crippen LogP contribution < -0.4 is 0 Å². The Balaban J connectivity index is -0.000000436. The molecule has 0 N–H and O–H groups in total. The third-order valence-electron chi connectivity index (χ3n) is 3.20. The number of ether oxygens (including phenoxy) is 1. The van der Waals surface area contributed by atoms with Crippen molar-refractivity contribution in [3.8, 4) is 0 Å². The van der Waals surface area contributed by atoms with Gasteiger partial charge in [-0.1, -0.05) is 103 Å². The first-order valence-electron chi connectivity index (χ1n) is 9.32. The molecule has 0 saturated heterocycles. The van der Waals surface area contributed by atoms with Gasteiger partial charge in [-0.05, 0) is 21.6 Å². The van der Waals surface area contributed by atoms with Crippen molar-refractivity contribution in [2.24, 2.45) is 0 Å². The van der Waals surface area contributed by atoms with Gasteiger partial charge >= 0.3 is 5.97 Å². The summed E-state index contributed by atoms with van der Waals surface area (Å²) in [6.45, 7) is 8.96. The fraction of sp³-hybridized carbons (Fsp3) is 0.480. The van der Waals surface area contributed by atoms with Crippen LogP contribution in [0.4, 0.5) is 4.39 Å². The van der Waals surface area contributed by atoms with E-state index in [1.165, 1.54) is 5.56 Å². The molecule has 0 aromatic heterocycles. The predicted molar refractivity (Wildman–Crippen MR) is 137 cm³/mol. The maximum absolute atomic E-state index is 11.3. The molecule has 5 heteroatoms. The average Bonchev–Trinajstić information content (AvgIpc) is 2.72. The largest absolute Gasteiger partial charge is 0.460 e. The van der Waals surface area contributed by atoms with Gasteiger partial charge in [0.2, 0.25) is 0 Å². The van der Waals surface area contributed by atoms with E-state index >= 15 is 0 Å². The van der Waals surface area contributed by atoms with Crippen molar-refractivity contribution >= 4 is 29.5 Å². The van der Waals surface area contributed by atoms with Crippen LogP contribution in [-0.4, -0.2) is 29.4 Å². The second-order valence-corrected chi connectivity index (χ2v) is 9.48.